The van der Waals surface area contributed by atoms with E-state index in [1.807, 2.05) is 12.1 Å². The first kappa shape index (κ1) is 13.4. The van der Waals surface area contributed by atoms with E-state index >= 15 is 0 Å². The summed E-state index contributed by atoms with van der Waals surface area (Å²) in [6.45, 7) is 1.60. The Morgan fingerprint density at radius 3 is 3.05 bits per heavy atom. The standard InChI is InChI=1S/C14H13BrClNOS/c15-11-7-9(19-14(11)16)8-17-12-5-6-18-13-4-2-1-3-10(12)13/h1-4,7,12,17H,5-6,8H2. The number of para-hydroxylation sites is 1. The molecule has 0 radical (unpaired) electrons. The van der Waals surface area contributed by atoms with Crippen molar-refractivity contribution in [2.75, 3.05) is 6.61 Å². The molecule has 19 heavy (non-hydrogen) atoms. The first-order valence-electron chi connectivity index (χ1n) is 6.13. The van der Waals surface area contributed by atoms with Crippen LogP contribution in [0.1, 0.15) is 22.9 Å². The number of thiophene rings is 1. The zero-order chi connectivity index (χ0) is 13.2. The van der Waals surface area contributed by atoms with Gasteiger partial charge in [0, 0.05) is 33.9 Å². The van der Waals surface area contributed by atoms with Crippen LogP contribution in [-0.2, 0) is 6.54 Å². The van der Waals surface area contributed by atoms with Gasteiger partial charge in [0.05, 0.1) is 6.61 Å². The molecule has 0 amide bonds. The monoisotopic (exact) mass is 357 g/mol. The molecule has 1 N–H and O–H groups in total. The number of hydrogen-bond donors (Lipinski definition) is 1. The fourth-order valence-electron chi connectivity index (χ4n) is 2.26. The molecule has 1 unspecified atom stereocenters. The molecule has 0 saturated carbocycles. The normalized spacial score (nSPS) is 17.9. The van der Waals surface area contributed by atoms with Gasteiger partial charge in [-0.05, 0) is 28.1 Å². The second-order valence-corrected chi connectivity index (χ2v) is 7.04. The third-order valence-corrected chi connectivity index (χ3v) is 5.65. The summed E-state index contributed by atoms with van der Waals surface area (Å²) in [7, 11) is 0. The summed E-state index contributed by atoms with van der Waals surface area (Å²) in [5, 5.41) is 3.59. The molecular formula is C14H13BrClNOS. The number of benzene rings is 1. The minimum atomic E-state index is 0.351. The van der Waals surface area contributed by atoms with Crippen molar-refractivity contribution < 1.29 is 4.74 Å². The fourth-order valence-corrected chi connectivity index (χ4v) is 4.00. The van der Waals surface area contributed by atoms with Gasteiger partial charge in [0.25, 0.3) is 0 Å². The minimum Gasteiger partial charge on any atom is -0.493 e. The van der Waals surface area contributed by atoms with Crippen molar-refractivity contribution in [1.82, 2.24) is 5.32 Å². The van der Waals surface area contributed by atoms with Gasteiger partial charge in [-0.3, -0.25) is 0 Å². The average molecular weight is 359 g/mol. The summed E-state index contributed by atoms with van der Waals surface area (Å²) in [6, 6.07) is 10.7. The van der Waals surface area contributed by atoms with Crippen LogP contribution in [0.25, 0.3) is 0 Å². The van der Waals surface area contributed by atoms with Gasteiger partial charge in [0.1, 0.15) is 10.1 Å². The Labute approximate surface area is 129 Å². The molecule has 0 fully saturated rings. The predicted octanol–water partition coefficient (Wildman–Crippen LogP) is 4.78. The van der Waals surface area contributed by atoms with Crippen LogP contribution >= 0.6 is 38.9 Å². The third kappa shape index (κ3) is 2.97. The molecule has 1 aliphatic heterocycles. The Kier molecular flexibility index (Phi) is 4.12. The van der Waals surface area contributed by atoms with Gasteiger partial charge in [0.15, 0.2) is 0 Å². The average Bonchev–Trinajstić information content (AvgIpc) is 2.75. The summed E-state index contributed by atoms with van der Waals surface area (Å²) < 4.78 is 7.45. The summed E-state index contributed by atoms with van der Waals surface area (Å²) in [5.74, 6) is 0.997. The van der Waals surface area contributed by atoms with Gasteiger partial charge in [0.2, 0.25) is 0 Å². The Balaban J connectivity index is 1.71. The van der Waals surface area contributed by atoms with Crippen molar-refractivity contribution in [2.24, 2.45) is 0 Å². The zero-order valence-electron chi connectivity index (χ0n) is 10.2. The van der Waals surface area contributed by atoms with Crippen molar-refractivity contribution in [3.8, 4) is 5.75 Å². The number of hydrogen-bond acceptors (Lipinski definition) is 3. The number of rotatable bonds is 3. The second-order valence-electron chi connectivity index (χ2n) is 4.44. The summed E-state index contributed by atoms with van der Waals surface area (Å²) in [6.07, 6.45) is 0.997. The Morgan fingerprint density at radius 2 is 2.26 bits per heavy atom. The van der Waals surface area contributed by atoms with Crippen molar-refractivity contribution in [3.63, 3.8) is 0 Å². The smallest absolute Gasteiger partial charge is 0.124 e. The summed E-state index contributed by atoms with van der Waals surface area (Å²) in [4.78, 5) is 1.24. The lowest BCUT2D eigenvalue weighted by Gasteiger charge is -2.26. The van der Waals surface area contributed by atoms with Gasteiger partial charge in [-0.25, -0.2) is 0 Å². The quantitative estimate of drug-likeness (QED) is 0.852. The Hall–Kier alpha value is -0.550. The van der Waals surface area contributed by atoms with E-state index in [2.05, 4.69) is 39.4 Å². The second kappa shape index (κ2) is 5.83. The van der Waals surface area contributed by atoms with Crippen LogP contribution in [0.4, 0.5) is 0 Å². The van der Waals surface area contributed by atoms with Gasteiger partial charge < -0.3 is 10.1 Å². The molecule has 100 valence electrons. The molecule has 1 aliphatic rings. The first-order chi connectivity index (χ1) is 9.24. The van der Waals surface area contributed by atoms with E-state index in [0.717, 1.165) is 34.1 Å². The molecule has 5 heteroatoms. The van der Waals surface area contributed by atoms with E-state index in [9.17, 15) is 0 Å². The van der Waals surface area contributed by atoms with Gasteiger partial charge in [-0.1, -0.05) is 29.8 Å². The topological polar surface area (TPSA) is 21.3 Å². The molecule has 3 rings (SSSR count). The molecule has 0 bridgehead atoms. The SMILES string of the molecule is Clc1sc(CNC2CCOc3ccccc32)cc1Br. The minimum absolute atomic E-state index is 0.351. The summed E-state index contributed by atoms with van der Waals surface area (Å²) >= 11 is 11.1. The predicted molar refractivity (Wildman–Crippen MR) is 83.2 cm³/mol. The van der Waals surface area contributed by atoms with Crippen LogP contribution in [0.3, 0.4) is 0 Å². The molecule has 0 saturated heterocycles. The van der Waals surface area contributed by atoms with E-state index in [4.69, 9.17) is 16.3 Å². The van der Waals surface area contributed by atoms with E-state index in [0.29, 0.717) is 6.04 Å². The van der Waals surface area contributed by atoms with Crippen LogP contribution < -0.4 is 10.1 Å². The van der Waals surface area contributed by atoms with Crippen LogP contribution in [0, 0.1) is 0 Å². The lowest BCUT2D eigenvalue weighted by atomic mass is 10.0. The molecule has 1 aromatic carbocycles. The molecule has 1 atom stereocenters. The van der Waals surface area contributed by atoms with Gasteiger partial charge >= 0.3 is 0 Å². The van der Waals surface area contributed by atoms with E-state index < -0.39 is 0 Å². The molecule has 2 aromatic rings. The molecular weight excluding hydrogens is 346 g/mol. The molecule has 2 nitrogen and oxygen atoms in total. The van der Waals surface area contributed by atoms with Crippen LogP contribution in [-0.4, -0.2) is 6.61 Å². The van der Waals surface area contributed by atoms with Crippen molar-refractivity contribution >= 4 is 38.9 Å². The molecule has 2 heterocycles. The highest BCUT2D eigenvalue weighted by Crippen LogP contribution is 2.34. The molecule has 0 aliphatic carbocycles. The third-order valence-electron chi connectivity index (χ3n) is 3.18. The van der Waals surface area contributed by atoms with Gasteiger partial charge in [-0.15, -0.1) is 11.3 Å². The first-order valence-corrected chi connectivity index (χ1v) is 8.11. The van der Waals surface area contributed by atoms with E-state index in [-0.39, 0.29) is 0 Å². The Morgan fingerprint density at radius 1 is 1.42 bits per heavy atom. The van der Waals surface area contributed by atoms with Crippen LogP contribution in [0.15, 0.2) is 34.8 Å². The molecule has 1 aromatic heterocycles. The molecule has 0 spiro atoms. The number of halogens is 2. The maximum atomic E-state index is 6.06. The zero-order valence-corrected chi connectivity index (χ0v) is 13.3. The highest BCUT2D eigenvalue weighted by Gasteiger charge is 2.20. The van der Waals surface area contributed by atoms with Crippen molar-refractivity contribution in [3.05, 3.63) is 49.6 Å². The number of fused-ring (bicyclic) bond motifs is 1. The van der Waals surface area contributed by atoms with Crippen molar-refractivity contribution in [2.45, 2.75) is 19.0 Å². The maximum Gasteiger partial charge on any atom is 0.124 e. The maximum absolute atomic E-state index is 6.06. The lowest BCUT2D eigenvalue weighted by molar-refractivity contribution is 0.252. The lowest BCUT2D eigenvalue weighted by Crippen LogP contribution is -2.26. The van der Waals surface area contributed by atoms with Crippen molar-refractivity contribution in [1.29, 1.82) is 0 Å². The number of nitrogens with one attached hydrogen (secondary N) is 1. The Bertz CT molecular complexity index is 567. The fraction of sp³-hybridized carbons (Fsp3) is 0.286. The highest BCUT2D eigenvalue weighted by atomic mass is 79.9. The summed E-state index contributed by atoms with van der Waals surface area (Å²) in [5.41, 5.74) is 1.25. The highest BCUT2D eigenvalue weighted by molar-refractivity contribution is 9.10. The van der Waals surface area contributed by atoms with E-state index in [1.165, 1.54) is 10.4 Å². The largest absolute Gasteiger partial charge is 0.493 e. The van der Waals surface area contributed by atoms with Gasteiger partial charge in [-0.2, -0.15) is 0 Å². The van der Waals surface area contributed by atoms with E-state index in [1.54, 1.807) is 11.3 Å². The van der Waals surface area contributed by atoms with Crippen LogP contribution in [0.2, 0.25) is 4.34 Å². The number of ether oxygens (including phenoxy) is 1. The van der Waals surface area contributed by atoms with Crippen LogP contribution in [0.5, 0.6) is 5.75 Å².